The number of benzene rings is 1. The van der Waals surface area contributed by atoms with E-state index in [-0.39, 0.29) is 5.82 Å². The molecule has 0 spiro atoms. The van der Waals surface area contributed by atoms with Crippen LogP contribution in [0.5, 0.6) is 0 Å². The summed E-state index contributed by atoms with van der Waals surface area (Å²) in [6.45, 7) is 1.66. The molecule has 2 aromatic rings. The van der Waals surface area contributed by atoms with Crippen molar-refractivity contribution >= 4 is 23.2 Å². The van der Waals surface area contributed by atoms with Gasteiger partial charge in [-0.05, 0) is 19.1 Å². The summed E-state index contributed by atoms with van der Waals surface area (Å²) in [4.78, 5) is 4.13. The van der Waals surface area contributed by atoms with E-state index in [2.05, 4.69) is 4.98 Å². The highest BCUT2D eigenvalue weighted by Gasteiger charge is 2.12. The molecular formula is C12H8Cl2FN. The van der Waals surface area contributed by atoms with Gasteiger partial charge in [0, 0.05) is 17.3 Å². The van der Waals surface area contributed by atoms with Crippen LogP contribution in [-0.4, -0.2) is 4.98 Å². The van der Waals surface area contributed by atoms with Gasteiger partial charge in [0.15, 0.2) is 0 Å². The van der Waals surface area contributed by atoms with Crippen molar-refractivity contribution in [1.29, 1.82) is 0 Å². The molecule has 0 bridgehead atoms. The Morgan fingerprint density at radius 3 is 2.69 bits per heavy atom. The lowest BCUT2D eigenvalue weighted by Gasteiger charge is -2.08. The predicted molar refractivity (Wildman–Crippen MR) is 64.4 cm³/mol. The second-order valence-corrected chi connectivity index (χ2v) is 4.15. The molecule has 0 aliphatic rings. The first-order valence-corrected chi connectivity index (χ1v) is 5.42. The molecule has 0 atom stereocenters. The highest BCUT2D eigenvalue weighted by Crippen LogP contribution is 2.34. The molecular weight excluding hydrogens is 248 g/mol. The standard InChI is InChI=1S/C12H8Cl2FN/c1-7-10(15)5-6-16-12(7)8-3-2-4-9(13)11(8)14/h2-6H,1H3. The van der Waals surface area contributed by atoms with Crippen LogP contribution in [-0.2, 0) is 0 Å². The number of pyridine rings is 1. The summed E-state index contributed by atoms with van der Waals surface area (Å²) in [7, 11) is 0. The molecule has 0 unspecified atom stereocenters. The van der Waals surface area contributed by atoms with Crippen LogP contribution in [0.25, 0.3) is 11.3 Å². The van der Waals surface area contributed by atoms with Crippen LogP contribution in [0.15, 0.2) is 30.5 Å². The van der Waals surface area contributed by atoms with Crippen molar-refractivity contribution in [3.63, 3.8) is 0 Å². The van der Waals surface area contributed by atoms with Gasteiger partial charge in [0.05, 0.1) is 15.7 Å². The lowest BCUT2D eigenvalue weighted by Crippen LogP contribution is -1.92. The van der Waals surface area contributed by atoms with Gasteiger partial charge in [-0.2, -0.15) is 0 Å². The van der Waals surface area contributed by atoms with Gasteiger partial charge >= 0.3 is 0 Å². The molecule has 16 heavy (non-hydrogen) atoms. The zero-order valence-corrected chi connectivity index (χ0v) is 9.98. The normalized spacial score (nSPS) is 10.5. The van der Waals surface area contributed by atoms with E-state index in [9.17, 15) is 4.39 Å². The molecule has 2 rings (SSSR count). The van der Waals surface area contributed by atoms with Crippen LogP contribution in [0.1, 0.15) is 5.56 Å². The molecule has 0 amide bonds. The largest absolute Gasteiger partial charge is 0.256 e. The first-order chi connectivity index (χ1) is 7.61. The average Bonchev–Trinajstić information content (AvgIpc) is 2.27. The Balaban J connectivity index is 2.68. The molecule has 0 saturated heterocycles. The SMILES string of the molecule is Cc1c(F)ccnc1-c1cccc(Cl)c1Cl. The molecule has 4 heteroatoms. The minimum Gasteiger partial charge on any atom is -0.256 e. The van der Waals surface area contributed by atoms with E-state index in [1.165, 1.54) is 12.3 Å². The number of rotatable bonds is 1. The summed E-state index contributed by atoms with van der Waals surface area (Å²) in [6, 6.07) is 6.53. The van der Waals surface area contributed by atoms with Crippen LogP contribution in [0.2, 0.25) is 10.0 Å². The van der Waals surface area contributed by atoms with Gasteiger partial charge in [-0.1, -0.05) is 35.3 Å². The Labute approximate surface area is 103 Å². The van der Waals surface area contributed by atoms with E-state index in [1.807, 2.05) is 0 Å². The van der Waals surface area contributed by atoms with Crippen LogP contribution in [0.4, 0.5) is 4.39 Å². The Kier molecular flexibility index (Phi) is 3.13. The average molecular weight is 256 g/mol. The van der Waals surface area contributed by atoms with Crippen molar-refractivity contribution in [1.82, 2.24) is 4.98 Å². The minimum absolute atomic E-state index is 0.305. The third kappa shape index (κ3) is 1.91. The zero-order chi connectivity index (χ0) is 11.7. The smallest absolute Gasteiger partial charge is 0.129 e. The molecule has 0 N–H and O–H groups in total. The van der Waals surface area contributed by atoms with Crippen molar-refractivity contribution in [2.24, 2.45) is 0 Å². The summed E-state index contributed by atoms with van der Waals surface area (Å²) in [5, 5.41) is 0.829. The van der Waals surface area contributed by atoms with Gasteiger partial charge < -0.3 is 0 Å². The Morgan fingerprint density at radius 2 is 1.94 bits per heavy atom. The Hall–Kier alpha value is -1.12. The van der Waals surface area contributed by atoms with E-state index in [1.54, 1.807) is 25.1 Å². The van der Waals surface area contributed by atoms with Gasteiger partial charge in [0.1, 0.15) is 5.82 Å². The van der Waals surface area contributed by atoms with Crippen molar-refractivity contribution in [2.45, 2.75) is 6.92 Å². The number of hydrogen-bond acceptors (Lipinski definition) is 1. The molecule has 1 aromatic heterocycles. The third-order valence-electron chi connectivity index (χ3n) is 2.34. The number of halogens is 3. The van der Waals surface area contributed by atoms with Crippen molar-refractivity contribution in [3.8, 4) is 11.3 Å². The molecule has 0 aliphatic heterocycles. The van der Waals surface area contributed by atoms with E-state index in [0.717, 1.165) is 0 Å². The van der Waals surface area contributed by atoms with Crippen LogP contribution < -0.4 is 0 Å². The molecule has 1 aromatic carbocycles. The molecule has 0 radical (unpaired) electrons. The van der Waals surface area contributed by atoms with Crippen molar-refractivity contribution in [3.05, 3.63) is 51.9 Å². The molecule has 82 valence electrons. The fraction of sp³-hybridized carbons (Fsp3) is 0.0833. The number of hydrogen-bond donors (Lipinski definition) is 0. The Bertz CT molecular complexity index is 491. The molecule has 0 saturated carbocycles. The summed E-state index contributed by atoms with van der Waals surface area (Å²) in [6.07, 6.45) is 1.41. The molecule has 0 aliphatic carbocycles. The maximum absolute atomic E-state index is 13.4. The molecule has 1 heterocycles. The van der Waals surface area contributed by atoms with E-state index < -0.39 is 0 Å². The predicted octanol–water partition coefficient (Wildman–Crippen LogP) is 4.50. The van der Waals surface area contributed by atoms with Crippen LogP contribution in [0.3, 0.4) is 0 Å². The number of aromatic nitrogens is 1. The third-order valence-corrected chi connectivity index (χ3v) is 3.16. The lowest BCUT2D eigenvalue weighted by atomic mass is 10.1. The fourth-order valence-corrected chi connectivity index (χ4v) is 1.86. The van der Waals surface area contributed by atoms with Crippen molar-refractivity contribution < 1.29 is 4.39 Å². The summed E-state index contributed by atoms with van der Waals surface area (Å²) in [5.74, 6) is -0.305. The van der Waals surface area contributed by atoms with Gasteiger partial charge in [-0.15, -0.1) is 0 Å². The monoisotopic (exact) mass is 255 g/mol. The highest BCUT2D eigenvalue weighted by atomic mass is 35.5. The lowest BCUT2D eigenvalue weighted by molar-refractivity contribution is 0.617. The van der Waals surface area contributed by atoms with Gasteiger partial charge in [-0.25, -0.2) is 4.39 Å². The van der Waals surface area contributed by atoms with Crippen molar-refractivity contribution in [2.75, 3.05) is 0 Å². The van der Waals surface area contributed by atoms with Gasteiger partial charge in [-0.3, -0.25) is 4.98 Å². The van der Waals surface area contributed by atoms with E-state index >= 15 is 0 Å². The summed E-state index contributed by atoms with van der Waals surface area (Å²) < 4.78 is 13.4. The van der Waals surface area contributed by atoms with E-state index in [4.69, 9.17) is 23.2 Å². The second kappa shape index (κ2) is 4.40. The summed E-state index contributed by atoms with van der Waals surface area (Å²) in [5.41, 5.74) is 1.63. The van der Waals surface area contributed by atoms with Crippen LogP contribution in [0, 0.1) is 12.7 Å². The first-order valence-electron chi connectivity index (χ1n) is 4.66. The maximum Gasteiger partial charge on any atom is 0.129 e. The fourth-order valence-electron chi connectivity index (χ4n) is 1.47. The van der Waals surface area contributed by atoms with E-state index in [0.29, 0.717) is 26.9 Å². The number of nitrogens with zero attached hydrogens (tertiary/aromatic N) is 1. The zero-order valence-electron chi connectivity index (χ0n) is 8.47. The van der Waals surface area contributed by atoms with Gasteiger partial charge in [0.2, 0.25) is 0 Å². The molecule has 1 nitrogen and oxygen atoms in total. The quantitative estimate of drug-likeness (QED) is 0.731. The molecule has 0 fully saturated rings. The maximum atomic E-state index is 13.4. The topological polar surface area (TPSA) is 12.9 Å². The van der Waals surface area contributed by atoms with Crippen LogP contribution >= 0.6 is 23.2 Å². The summed E-state index contributed by atoms with van der Waals surface area (Å²) >= 11 is 12.0. The minimum atomic E-state index is -0.305. The van der Waals surface area contributed by atoms with Gasteiger partial charge in [0.25, 0.3) is 0 Å². The highest BCUT2D eigenvalue weighted by molar-refractivity contribution is 6.43. The first kappa shape index (κ1) is 11.4. The Morgan fingerprint density at radius 1 is 1.19 bits per heavy atom. The second-order valence-electron chi connectivity index (χ2n) is 3.37.